The van der Waals surface area contributed by atoms with Crippen molar-refractivity contribution in [3.8, 4) is 0 Å². The van der Waals surface area contributed by atoms with Gasteiger partial charge in [-0.1, -0.05) is 24.3 Å². The first-order valence-electron chi connectivity index (χ1n) is 5.02. The molecule has 0 aromatic heterocycles. The van der Waals surface area contributed by atoms with Crippen LogP contribution in [0.1, 0.15) is 11.1 Å². The minimum absolute atomic E-state index is 0.268. The van der Waals surface area contributed by atoms with Crippen LogP contribution in [0.5, 0.6) is 0 Å². The molecule has 0 saturated heterocycles. The summed E-state index contributed by atoms with van der Waals surface area (Å²) in [5, 5.41) is 9.09. The van der Waals surface area contributed by atoms with Gasteiger partial charge in [-0.25, -0.2) is 4.39 Å². The maximum Gasteiger partial charge on any atom is 0.432 e. The lowest BCUT2D eigenvalue weighted by molar-refractivity contribution is -0.333. The van der Waals surface area contributed by atoms with Gasteiger partial charge in [0.15, 0.2) is 0 Å². The molecule has 1 nitrogen and oxygen atoms in total. The van der Waals surface area contributed by atoms with Crippen molar-refractivity contribution in [3.63, 3.8) is 0 Å². The number of aliphatic hydroxyl groups is 1. The predicted octanol–water partition coefficient (Wildman–Crippen LogP) is 2.97. The fraction of sp³-hybridized carbons (Fsp3) is 0.455. The molecule has 1 aromatic carbocycles. The maximum absolute atomic E-state index is 14.1. The first-order valence-corrected chi connectivity index (χ1v) is 5.02. The summed E-state index contributed by atoms with van der Waals surface area (Å²) in [6, 6.07) is 4.11. The standard InChI is InChI=1S/C11H8F6O/c12-9(11(15,16)17)7-4-2-1-3-6(7)5-8(18)10(9,13)14/h1-4,8,18H,5H2. The molecule has 0 radical (unpaired) electrons. The normalized spacial score (nSPS) is 30.9. The topological polar surface area (TPSA) is 20.2 Å². The van der Waals surface area contributed by atoms with Crippen molar-refractivity contribution in [1.82, 2.24) is 0 Å². The summed E-state index contributed by atoms with van der Waals surface area (Å²) >= 11 is 0. The van der Waals surface area contributed by atoms with E-state index < -0.39 is 35.9 Å². The van der Waals surface area contributed by atoms with Crippen molar-refractivity contribution in [1.29, 1.82) is 0 Å². The van der Waals surface area contributed by atoms with Crippen LogP contribution >= 0.6 is 0 Å². The Balaban J connectivity index is 2.74. The Hall–Kier alpha value is -1.24. The number of fused-ring (bicyclic) bond motifs is 1. The van der Waals surface area contributed by atoms with Crippen LogP contribution < -0.4 is 0 Å². The molecule has 1 aromatic rings. The van der Waals surface area contributed by atoms with Crippen LogP contribution in [0.2, 0.25) is 0 Å². The zero-order valence-corrected chi connectivity index (χ0v) is 8.81. The first kappa shape index (κ1) is 13.2. The van der Waals surface area contributed by atoms with Gasteiger partial charge >= 0.3 is 12.1 Å². The van der Waals surface area contributed by atoms with E-state index in [1.807, 2.05) is 0 Å². The second kappa shape index (κ2) is 3.63. The Morgan fingerprint density at radius 1 is 1.11 bits per heavy atom. The molecular formula is C11H8F6O. The number of rotatable bonds is 0. The summed E-state index contributed by atoms with van der Waals surface area (Å²) in [6.45, 7) is 0. The molecule has 2 rings (SSSR count). The molecule has 18 heavy (non-hydrogen) atoms. The molecule has 0 saturated carbocycles. The van der Waals surface area contributed by atoms with Gasteiger partial charge in [0.1, 0.15) is 6.10 Å². The fourth-order valence-corrected chi connectivity index (χ4v) is 2.12. The van der Waals surface area contributed by atoms with Gasteiger partial charge in [0.2, 0.25) is 0 Å². The van der Waals surface area contributed by atoms with Crippen molar-refractivity contribution in [2.45, 2.75) is 30.3 Å². The lowest BCUT2D eigenvalue weighted by atomic mass is 9.75. The number of benzene rings is 1. The van der Waals surface area contributed by atoms with Gasteiger partial charge in [-0.05, 0) is 5.56 Å². The van der Waals surface area contributed by atoms with Gasteiger partial charge in [-0.3, -0.25) is 0 Å². The summed E-state index contributed by atoms with van der Waals surface area (Å²) in [4.78, 5) is 0. The predicted molar refractivity (Wildman–Crippen MR) is 49.9 cm³/mol. The van der Waals surface area contributed by atoms with Crippen molar-refractivity contribution < 1.29 is 31.4 Å². The number of hydrogen-bond acceptors (Lipinski definition) is 1. The minimum Gasteiger partial charge on any atom is -0.386 e. The molecule has 7 heteroatoms. The fourth-order valence-electron chi connectivity index (χ4n) is 2.12. The first-order chi connectivity index (χ1) is 8.12. The Morgan fingerprint density at radius 3 is 2.22 bits per heavy atom. The Labute approximate surface area is 98.0 Å². The molecule has 2 atom stereocenters. The lowest BCUT2D eigenvalue weighted by Gasteiger charge is -2.42. The summed E-state index contributed by atoms with van der Waals surface area (Å²) in [5.41, 5.74) is -6.27. The van der Waals surface area contributed by atoms with Crippen LogP contribution in [-0.2, 0) is 12.1 Å². The largest absolute Gasteiger partial charge is 0.432 e. The van der Waals surface area contributed by atoms with E-state index in [9.17, 15) is 26.3 Å². The van der Waals surface area contributed by atoms with Crippen LogP contribution in [0.4, 0.5) is 26.3 Å². The zero-order valence-electron chi connectivity index (χ0n) is 8.81. The van der Waals surface area contributed by atoms with E-state index >= 15 is 0 Å². The van der Waals surface area contributed by atoms with E-state index in [1.165, 1.54) is 6.07 Å². The molecule has 0 heterocycles. The van der Waals surface area contributed by atoms with E-state index in [0.29, 0.717) is 6.07 Å². The van der Waals surface area contributed by atoms with Gasteiger partial charge in [0.05, 0.1) is 0 Å². The van der Waals surface area contributed by atoms with Gasteiger partial charge in [-0.15, -0.1) is 0 Å². The van der Waals surface area contributed by atoms with Gasteiger partial charge in [0, 0.05) is 12.0 Å². The number of hydrogen-bond donors (Lipinski definition) is 1. The Kier molecular flexibility index (Phi) is 2.66. The van der Waals surface area contributed by atoms with E-state index in [2.05, 4.69) is 0 Å². The monoisotopic (exact) mass is 270 g/mol. The maximum atomic E-state index is 14.1. The van der Waals surface area contributed by atoms with Crippen LogP contribution in [0.15, 0.2) is 24.3 Å². The molecule has 0 aliphatic heterocycles. The molecule has 0 bridgehead atoms. The summed E-state index contributed by atoms with van der Waals surface area (Å²) in [5.74, 6) is -4.92. The van der Waals surface area contributed by atoms with E-state index in [-0.39, 0.29) is 5.56 Å². The van der Waals surface area contributed by atoms with E-state index in [0.717, 1.165) is 12.1 Å². The van der Waals surface area contributed by atoms with Crippen LogP contribution in [0.25, 0.3) is 0 Å². The SMILES string of the molecule is OC1Cc2ccccc2C(F)(C(F)(F)F)C1(F)F. The number of halogens is 6. The molecule has 1 aliphatic rings. The summed E-state index contributed by atoms with van der Waals surface area (Å²) < 4.78 is 79.1. The van der Waals surface area contributed by atoms with Crippen molar-refractivity contribution in [2.24, 2.45) is 0 Å². The van der Waals surface area contributed by atoms with Crippen LogP contribution in [0.3, 0.4) is 0 Å². The summed E-state index contributed by atoms with van der Waals surface area (Å²) in [7, 11) is 0. The lowest BCUT2D eigenvalue weighted by Crippen LogP contribution is -2.61. The molecule has 0 spiro atoms. The highest BCUT2D eigenvalue weighted by Gasteiger charge is 2.76. The number of aliphatic hydroxyl groups excluding tert-OH is 1. The van der Waals surface area contributed by atoms with E-state index in [4.69, 9.17) is 5.11 Å². The average Bonchev–Trinajstić information content (AvgIpc) is 2.25. The van der Waals surface area contributed by atoms with Gasteiger partial charge in [-0.2, -0.15) is 22.0 Å². The molecule has 0 fully saturated rings. The van der Waals surface area contributed by atoms with E-state index in [1.54, 1.807) is 0 Å². The molecule has 1 N–H and O–H groups in total. The van der Waals surface area contributed by atoms with Gasteiger partial charge in [0.25, 0.3) is 5.67 Å². The highest BCUT2D eigenvalue weighted by Crippen LogP contribution is 2.57. The highest BCUT2D eigenvalue weighted by atomic mass is 19.4. The molecule has 0 amide bonds. The van der Waals surface area contributed by atoms with Crippen LogP contribution in [0, 0.1) is 0 Å². The third-order valence-electron chi connectivity index (χ3n) is 3.07. The second-order valence-corrected chi connectivity index (χ2v) is 4.16. The molecular weight excluding hydrogens is 262 g/mol. The Morgan fingerprint density at radius 2 is 1.67 bits per heavy atom. The minimum atomic E-state index is -5.81. The zero-order chi connectivity index (χ0) is 13.8. The second-order valence-electron chi connectivity index (χ2n) is 4.16. The number of alkyl halides is 6. The smallest absolute Gasteiger partial charge is 0.386 e. The average molecular weight is 270 g/mol. The van der Waals surface area contributed by atoms with Crippen molar-refractivity contribution in [2.75, 3.05) is 0 Å². The van der Waals surface area contributed by atoms with Crippen molar-refractivity contribution >= 4 is 0 Å². The highest BCUT2D eigenvalue weighted by molar-refractivity contribution is 5.40. The van der Waals surface area contributed by atoms with Crippen LogP contribution in [-0.4, -0.2) is 23.3 Å². The molecule has 100 valence electrons. The third-order valence-corrected chi connectivity index (χ3v) is 3.07. The quantitative estimate of drug-likeness (QED) is 0.719. The van der Waals surface area contributed by atoms with Crippen molar-refractivity contribution in [3.05, 3.63) is 35.4 Å². The third kappa shape index (κ3) is 1.46. The molecule has 1 aliphatic carbocycles. The Bertz CT molecular complexity index is 469. The summed E-state index contributed by atoms with van der Waals surface area (Å²) in [6.07, 6.45) is -9.24. The van der Waals surface area contributed by atoms with Gasteiger partial charge < -0.3 is 5.11 Å². The molecule has 2 unspecified atom stereocenters.